The van der Waals surface area contributed by atoms with Crippen LogP contribution in [-0.2, 0) is 0 Å². The van der Waals surface area contributed by atoms with E-state index >= 15 is 0 Å². The molecule has 1 aromatic heterocycles. The number of hydrogen-bond donors (Lipinski definition) is 1. The summed E-state index contributed by atoms with van der Waals surface area (Å²) in [6.07, 6.45) is 1.07. The number of para-hydroxylation sites is 1. The first-order valence-corrected chi connectivity index (χ1v) is 7.98. The Balaban J connectivity index is 0.000000269. The smallest absolute Gasteiger partial charge is 0.341 e. The maximum atomic E-state index is 10.8. The molecule has 0 fully saturated rings. The predicted molar refractivity (Wildman–Crippen MR) is 93.9 cm³/mol. The van der Waals surface area contributed by atoms with Gasteiger partial charge in [0.15, 0.2) is 0 Å². The minimum atomic E-state index is -0.615. The van der Waals surface area contributed by atoms with Gasteiger partial charge in [0.2, 0.25) is 0 Å². The van der Waals surface area contributed by atoms with Crippen LogP contribution in [0.25, 0.3) is 0 Å². The maximum absolute atomic E-state index is 10.8. The lowest BCUT2D eigenvalue weighted by atomic mass is 10.3. The molecule has 0 atom stereocenters. The maximum Gasteiger partial charge on any atom is 0.341 e. The summed E-state index contributed by atoms with van der Waals surface area (Å²) >= 11 is 6.51. The van der Waals surface area contributed by atoms with Crippen LogP contribution in [0.5, 0.6) is 0 Å². The van der Waals surface area contributed by atoms with Crippen LogP contribution >= 0.6 is 23.4 Å². The zero-order chi connectivity index (χ0) is 18.2. The summed E-state index contributed by atoms with van der Waals surface area (Å²) in [5, 5.41) is 22.3. The first-order chi connectivity index (χ1) is 12.0. The number of nitrogens with zero attached hydrogens (tertiary/aromatic N) is 3. The van der Waals surface area contributed by atoms with E-state index in [0.717, 1.165) is 23.0 Å². The number of rotatable bonds is 4. The third-order valence-corrected chi connectivity index (χ3v) is 3.96. The van der Waals surface area contributed by atoms with Crippen molar-refractivity contribution in [1.29, 1.82) is 0 Å². The monoisotopic (exact) mass is 378 g/mol. The van der Waals surface area contributed by atoms with E-state index < -0.39 is 9.85 Å². The van der Waals surface area contributed by atoms with E-state index in [1.807, 2.05) is 30.3 Å². The average molecular weight is 379 g/mol. The van der Waals surface area contributed by atoms with Crippen molar-refractivity contribution in [2.24, 2.45) is 0 Å². The van der Waals surface area contributed by atoms with Gasteiger partial charge in [0.25, 0.3) is 10.8 Å². The van der Waals surface area contributed by atoms with Gasteiger partial charge in [0.1, 0.15) is 6.20 Å². The van der Waals surface area contributed by atoms with E-state index in [1.165, 1.54) is 6.07 Å². The SMILES string of the molecule is Clc1ccccc1.O=[N+]([O-])c1cnc(Sc2ccccc2[N+](=O)[O-])[nH]1. The van der Waals surface area contributed by atoms with Gasteiger partial charge in [-0.2, -0.15) is 0 Å². The molecule has 10 heteroatoms. The fourth-order valence-corrected chi connectivity index (χ4v) is 2.66. The van der Waals surface area contributed by atoms with Gasteiger partial charge in [0, 0.05) is 11.1 Å². The minimum absolute atomic E-state index is 0.0680. The Morgan fingerprint density at radius 2 is 1.60 bits per heavy atom. The van der Waals surface area contributed by atoms with E-state index in [2.05, 4.69) is 9.97 Å². The standard InChI is InChI=1S/C9H6N4O4S.C6H5Cl/c14-12(15)6-3-1-2-4-7(6)18-9-10-5-8(11-9)13(16)17;7-6-4-2-1-3-5-6/h1-5H,(H,10,11);1-5H. The highest BCUT2D eigenvalue weighted by Crippen LogP contribution is 2.33. The molecule has 0 amide bonds. The summed E-state index contributed by atoms with van der Waals surface area (Å²) in [7, 11) is 0. The van der Waals surface area contributed by atoms with Crippen LogP contribution in [0, 0.1) is 20.2 Å². The highest BCUT2D eigenvalue weighted by Gasteiger charge is 2.18. The average Bonchev–Trinajstić information content (AvgIpc) is 3.05. The molecule has 3 rings (SSSR count). The molecule has 0 saturated heterocycles. The Bertz CT molecular complexity index is 873. The number of nitro groups is 2. The van der Waals surface area contributed by atoms with Gasteiger partial charge in [-0.3, -0.25) is 10.1 Å². The molecular weight excluding hydrogens is 368 g/mol. The van der Waals surface area contributed by atoms with E-state index in [4.69, 9.17) is 11.6 Å². The minimum Gasteiger partial charge on any atom is -0.358 e. The quantitative estimate of drug-likeness (QED) is 0.518. The topological polar surface area (TPSA) is 115 Å². The number of halogens is 1. The molecule has 0 aliphatic carbocycles. The van der Waals surface area contributed by atoms with Gasteiger partial charge < -0.3 is 10.1 Å². The van der Waals surface area contributed by atoms with Gasteiger partial charge in [0.05, 0.1) is 9.82 Å². The molecule has 8 nitrogen and oxygen atoms in total. The van der Waals surface area contributed by atoms with Crippen molar-refractivity contribution in [1.82, 2.24) is 9.97 Å². The van der Waals surface area contributed by atoms with Crippen LogP contribution in [0.2, 0.25) is 5.02 Å². The molecule has 0 spiro atoms. The number of hydrogen-bond acceptors (Lipinski definition) is 6. The van der Waals surface area contributed by atoms with Crippen LogP contribution in [0.1, 0.15) is 0 Å². The van der Waals surface area contributed by atoms with E-state index in [9.17, 15) is 20.2 Å². The highest BCUT2D eigenvalue weighted by atomic mass is 35.5. The number of H-pyrrole nitrogens is 1. The Kier molecular flexibility index (Phi) is 6.49. The second kappa shape index (κ2) is 8.81. The zero-order valence-corrected chi connectivity index (χ0v) is 14.1. The van der Waals surface area contributed by atoms with Crippen molar-refractivity contribution in [2.45, 2.75) is 10.1 Å². The third-order valence-electron chi connectivity index (χ3n) is 2.74. The van der Waals surface area contributed by atoms with Crippen LogP contribution < -0.4 is 0 Å². The molecular formula is C15H11ClN4O4S. The number of nitro benzene ring substituents is 1. The molecule has 1 N–H and O–H groups in total. The van der Waals surface area contributed by atoms with Crippen LogP contribution in [-0.4, -0.2) is 19.8 Å². The number of aromatic amines is 1. The first-order valence-electron chi connectivity index (χ1n) is 6.78. The van der Waals surface area contributed by atoms with Crippen molar-refractivity contribution in [3.8, 4) is 0 Å². The summed E-state index contributed by atoms with van der Waals surface area (Å²) in [5.41, 5.74) is -0.0680. The lowest BCUT2D eigenvalue weighted by Gasteiger charge is -1.97. The van der Waals surface area contributed by atoms with Crippen molar-refractivity contribution in [2.75, 3.05) is 0 Å². The Morgan fingerprint density at radius 1 is 0.960 bits per heavy atom. The van der Waals surface area contributed by atoms with E-state index in [-0.39, 0.29) is 16.7 Å². The van der Waals surface area contributed by atoms with E-state index in [0.29, 0.717) is 4.90 Å². The van der Waals surface area contributed by atoms with Gasteiger partial charge in [-0.25, -0.2) is 9.97 Å². The lowest BCUT2D eigenvalue weighted by molar-refractivity contribution is -0.389. The number of imidazole rings is 1. The largest absolute Gasteiger partial charge is 0.358 e. The second-order valence-electron chi connectivity index (χ2n) is 4.45. The molecule has 0 radical (unpaired) electrons. The summed E-state index contributed by atoms with van der Waals surface area (Å²) < 4.78 is 0. The Morgan fingerprint density at radius 3 is 2.12 bits per heavy atom. The van der Waals surface area contributed by atoms with Gasteiger partial charge in [-0.1, -0.05) is 41.9 Å². The van der Waals surface area contributed by atoms with Crippen LogP contribution in [0.15, 0.2) is 70.8 Å². The van der Waals surface area contributed by atoms with Crippen molar-refractivity contribution < 1.29 is 9.85 Å². The van der Waals surface area contributed by atoms with Crippen LogP contribution in [0.4, 0.5) is 11.5 Å². The summed E-state index contributed by atoms with van der Waals surface area (Å²) in [6.45, 7) is 0. The fourth-order valence-electron chi connectivity index (χ4n) is 1.65. The van der Waals surface area contributed by atoms with Gasteiger partial charge in [-0.05, 0) is 34.9 Å². The van der Waals surface area contributed by atoms with Gasteiger partial charge >= 0.3 is 5.82 Å². The normalized spacial score (nSPS) is 9.80. The summed E-state index contributed by atoms with van der Waals surface area (Å²) in [6, 6.07) is 15.6. The highest BCUT2D eigenvalue weighted by molar-refractivity contribution is 7.99. The molecule has 128 valence electrons. The van der Waals surface area contributed by atoms with Gasteiger partial charge in [-0.15, -0.1) is 0 Å². The Labute approximate surface area is 151 Å². The van der Waals surface area contributed by atoms with E-state index in [1.54, 1.807) is 18.2 Å². The van der Waals surface area contributed by atoms with Crippen LogP contribution in [0.3, 0.4) is 0 Å². The summed E-state index contributed by atoms with van der Waals surface area (Å²) in [4.78, 5) is 26.7. The zero-order valence-electron chi connectivity index (χ0n) is 12.5. The van der Waals surface area contributed by atoms with Crippen molar-refractivity contribution in [3.63, 3.8) is 0 Å². The van der Waals surface area contributed by atoms with Crippen molar-refractivity contribution >= 4 is 34.9 Å². The number of aromatic nitrogens is 2. The second-order valence-corrected chi connectivity index (χ2v) is 5.92. The molecule has 0 saturated carbocycles. The molecule has 0 aliphatic heterocycles. The van der Waals surface area contributed by atoms with Crippen molar-refractivity contribution in [3.05, 3.63) is 86.0 Å². The first kappa shape index (κ1) is 18.4. The predicted octanol–water partition coefficient (Wildman–Crippen LogP) is 4.72. The molecule has 1 heterocycles. The number of nitrogens with one attached hydrogen (secondary N) is 1. The molecule has 0 aliphatic rings. The third kappa shape index (κ3) is 5.59. The lowest BCUT2D eigenvalue weighted by Crippen LogP contribution is -1.90. The molecule has 0 unspecified atom stereocenters. The molecule has 2 aromatic carbocycles. The Hall–Kier alpha value is -2.91. The summed E-state index contributed by atoms with van der Waals surface area (Å²) in [5.74, 6) is -0.254. The molecule has 25 heavy (non-hydrogen) atoms. The molecule has 3 aromatic rings. The molecule has 0 bridgehead atoms. The fraction of sp³-hybridized carbons (Fsp3) is 0. The number of benzene rings is 2.